The quantitative estimate of drug-likeness (QED) is 0.713. The number of carbonyl (C=O) groups excluding carboxylic acids is 1. The van der Waals surface area contributed by atoms with E-state index >= 15 is 0 Å². The van der Waals surface area contributed by atoms with Crippen LogP contribution < -0.4 is 14.8 Å². The van der Waals surface area contributed by atoms with Gasteiger partial charge in [0.2, 0.25) is 5.91 Å². The number of aliphatic hydroxyl groups is 1. The summed E-state index contributed by atoms with van der Waals surface area (Å²) in [7, 11) is 0. The van der Waals surface area contributed by atoms with E-state index in [1.54, 1.807) is 36.4 Å². The van der Waals surface area contributed by atoms with Gasteiger partial charge in [-0.2, -0.15) is 5.26 Å². The number of β-amino-alcohol motifs (C(OH)–C–C–N with tert-alkyl or cyclic N) is 1. The van der Waals surface area contributed by atoms with Crippen molar-refractivity contribution < 1.29 is 19.4 Å². The predicted molar refractivity (Wildman–Crippen MR) is 109 cm³/mol. The van der Waals surface area contributed by atoms with Crippen LogP contribution in [0, 0.1) is 11.3 Å². The lowest BCUT2D eigenvalue weighted by Gasteiger charge is -2.21. The van der Waals surface area contributed by atoms with E-state index in [4.69, 9.17) is 14.7 Å². The molecule has 0 saturated carbocycles. The Balaban J connectivity index is 1.44. The number of rotatable bonds is 8. The van der Waals surface area contributed by atoms with Crippen molar-refractivity contribution in [3.63, 3.8) is 0 Å². The fourth-order valence-electron chi connectivity index (χ4n) is 3.28. The van der Waals surface area contributed by atoms with Gasteiger partial charge in [0.1, 0.15) is 30.3 Å². The lowest BCUT2D eigenvalue weighted by Crippen LogP contribution is -2.35. The molecular weight excluding hydrogens is 370 g/mol. The van der Waals surface area contributed by atoms with E-state index in [0.717, 1.165) is 25.3 Å². The van der Waals surface area contributed by atoms with Gasteiger partial charge in [-0.25, -0.2) is 0 Å². The van der Waals surface area contributed by atoms with Gasteiger partial charge in [-0.05, 0) is 42.8 Å². The molecule has 2 atom stereocenters. The van der Waals surface area contributed by atoms with Gasteiger partial charge >= 0.3 is 0 Å². The van der Waals surface area contributed by atoms with Crippen molar-refractivity contribution in [1.29, 1.82) is 5.26 Å². The minimum absolute atomic E-state index is 0.0524. The summed E-state index contributed by atoms with van der Waals surface area (Å²) in [5.41, 5.74) is 1.19. The van der Waals surface area contributed by atoms with Gasteiger partial charge in [0.15, 0.2) is 0 Å². The number of hydrogen-bond donors (Lipinski definition) is 2. The maximum atomic E-state index is 11.3. The van der Waals surface area contributed by atoms with Gasteiger partial charge < -0.3 is 19.9 Å². The van der Waals surface area contributed by atoms with Gasteiger partial charge in [-0.1, -0.05) is 12.1 Å². The average molecular weight is 395 g/mol. The Hall–Kier alpha value is -3.08. The monoisotopic (exact) mass is 395 g/mol. The van der Waals surface area contributed by atoms with Crippen molar-refractivity contribution in [3.8, 4) is 17.6 Å². The normalized spacial score (nSPS) is 17.3. The van der Waals surface area contributed by atoms with Gasteiger partial charge in [0, 0.05) is 26.6 Å². The molecule has 7 heteroatoms. The summed E-state index contributed by atoms with van der Waals surface area (Å²) in [6, 6.07) is 16.3. The van der Waals surface area contributed by atoms with E-state index in [1.807, 2.05) is 12.1 Å². The Labute approximate surface area is 170 Å². The number of anilines is 1. The van der Waals surface area contributed by atoms with Crippen LogP contribution in [0.25, 0.3) is 0 Å². The van der Waals surface area contributed by atoms with E-state index in [-0.39, 0.29) is 18.6 Å². The minimum Gasteiger partial charge on any atom is -0.489 e. The lowest BCUT2D eigenvalue weighted by molar-refractivity contribution is -0.114. The lowest BCUT2D eigenvalue weighted by atomic mass is 10.2. The van der Waals surface area contributed by atoms with Crippen LogP contribution in [-0.2, 0) is 4.79 Å². The molecule has 0 bridgehead atoms. The van der Waals surface area contributed by atoms with E-state index in [0.29, 0.717) is 23.5 Å². The zero-order valence-corrected chi connectivity index (χ0v) is 16.4. The molecular formula is C22H25N3O4. The van der Waals surface area contributed by atoms with Gasteiger partial charge in [0.05, 0.1) is 17.3 Å². The number of hydrogen-bond acceptors (Lipinski definition) is 6. The highest BCUT2D eigenvalue weighted by Crippen LogP contribution is 2.24. The Morgan fingerprint density at radius 1 is 1.31 bits per heavy atom. The van der Waals surface area contributed by atoms with Crippen molar-refractivity contribution in [1.82, 2.24) is 4.90 Å². The number of para-hydroxylation sites is 2. The second-order valence-corrected chi connectivity index (χ2v) is 7.07. The molecule has 0 aliphatic carbocycles. The summed E-state index contributed by atoms with van der Waals surface area (Å²) >= 11 is 0. The molecule has 1 aliphatic rings. The third kappa shape index (κ3) is 6.21. The molecule has 0 spiro atoms. The second-order valence-electron chi connectivity index (χ2n) is 7.07. The third-order valence-electron chi connectivity index (χ3n) is 4.61. The maximum absolute atomic E-state index is 11.3. The standard InChI is InChI=1S/C22H25N3O4/c1-16(26)24-21-4-2-3-5-22(21)28-15-18(27)13-25-11-10-20(14-25)29-19-8-6-17(12-23)7-9-19/h2-9,18,20,27H,10-11,13-15H2,1H3,(H,24,26). The highest BCUT2D eigenvalue weighted by atomic mass is 16.5. The van der Waals surface area contributed by atoms with Crippen LogP contribution in [0.15, 0.2) is 48.5 Å². The molecule has 2 aromatic carbocycles. The van der Waals surface area contributed by atoms with Crippen molar-refractivity contribution in [3.05, 3.63) is 54.1 Å². The first-order chi connectivity index (χ1) is 14.0. The van der Waals surface area contributed by atoms with Crippen LogP contribution in [0.1, 0.15) is 18.9 Å². The molecule has 2 N–H and O–H groups in total. The molecule has 152 valence electrons. The molecule has 1 heterocycles. The highest BCUT2D eigenvalue weighted by Gasteiger charge is 2.25. The van der Waals surface area contributed by atoms with Crippen molar-refractivity contribution in [2.24, 2.45) is 0 Å². The van der Waals surface area contributed by atoms with Crippen molar-refractivity contribution in [2.75, 3.05) is 31.6 Å². The fourth-order valence-corrected chi connectivity index (χ4v) is 3.28. The van der Waals surface area contributed by atoms with E-state index in [2.05, 4.69) is 16.3 Å². The Morgan fingerprint density at radius 3 is 2.79 bits per heavy atom. The number of benzene rings is 2. The Kier molecular flexibility index (Phi) is 7.06. The summed E-state index contributed by atoms with van der Waals surface area (Å²) < 4.78 is 11.7. The summed E-state index contributed by atoms with van der Waals surface area (Å²) in [5.74, 6) is 1.10. The Morgan fingerprint density at radius 2 is 2.07 bits per heavy atom. The number of nitrogens with zero attached hydrogens (tertiary/aromatic N) is 2. The molecule has 1 aliphatic heterocycles. The van der Waals surface area contributed by atoms with Crippen LogP contribution in [0.3, 0.4) is 0 Å². The van der Waals surface area contributed by atoms with Crippen LogP contribution in [0.5, 0.6) is 11.5 Å². The van der Waals surface area contributed by atoms with Crippen molar-refractivity contribution >= 4 is 11.6 Å². The molecule has 2 aromatic rings. The highest BCUT2D eigenvalue weighted by molar-refractivity contribution is 5.90. The molecule has 0 aromatic heterocycles. The van der Waals surface area contributed by atoms with Crippen LogP contribution >= 0.6 is 0 Å². The smallest absolute Gasteiger partial charge is 0.221 e. The first kappa shape index (κ1) is 20.6. The number of carbonyl (C=O) groups is 1. The fraction of sp³-hybridized carbons (Fsp3) is 0.364. The first-order valence-electron chi connectivity index (χ1n) is 9.60. The number of ether oxygens (including phenoxy) is 2. The molecule has 1 fully saturated rings. The number of amides is 1. The maximum Gasteiger partial charge on any atom is 0.221 e. The van der Waals surface area contributed by atoms with Crippen molar-refractivity contribution in [2.45, 2.75) is 25.6 Å². The predicted octanol–water partition coefficient (Wildman–Crippen LogP) is 2.41. The van der Waals surface area contributed by atoms with E-state index in [1.165, 1.54) is 6.92 Å². The Bertz CT molecular complexity index is 863. The summed E-state index contributed by atoms with van der Waals surface area (Å²) in [4.78, 5) is 13.4. The molecule has 3 rings (SSSR count). The van der Waals surface area contributed by atoms with Crippen LogP contribution in [0.2, 0.25) is 0 Å². The topological polar surface area (TPSA) is 94.8 Å². The molecule has 7 nitrogen and oxygen atoms in total. The SMILES string of the molecule is CC(=O)Nc1ccccc1OCC(O)CN1CCC(Oc2ccc(C#N)cc2)C1. The molecule has 2 unspecified atom stereocenters. The number of nitrogens with one attached hydrogen (secondary N) is 1. The van der Waals surface area contributed by atoms with E-state index < -0.39 is 6.10 Å². The van der Waals surface area contributed by atoms with Gasteiger partial charge in [0.25, 0.3) is 0 Å². The number of aliphatic hydroxyl groups excluding tert-OH is 1. The zero-order valence-electron chi connectivity index (χ0n) is 16.4. The first-order valence-corrected chi connectivity index (χ1v) is 9.60. The van der Waals surface area contributed by atoms with Crippen LogP contribution in [0.4, 0.5) is 5.69 Å². The minimum atomic E-state index is -0.658. The summed E-state index contributed by atoms with van der Waals surface area (Å²) in [5, 5.41) is 21.9. The van der Waals surface area contributed by atoms with Crippen LogP contribution in [-0.4, -0.2) is 54.4 Å². The largest absolute Gasteiger partial charge is 0.489 e. The van der Waals surface area contributed by atoms with Gasteiger partial charge in [-0.15, -0.1) is 0 Å². The number of likely N-dealkylation sites (tertiary alicyclic amines) is 1. The third-order valence-corrected chi connectivity index (χ3v) is 4.61. The van der Waals surface area contributed by atoms with Gasteiger partial charge in [-0.3, -0.25) is 9.69 Å². The summed E-state index contributed by atoms with van der Waals surface area (Å²) in [6.45, 7) is 3.61. The molecule has 29 heavy (non-hydrogen) atoms. The average Bonchev–Trinajstić information content (AvgIpc) is 3.14. The molecule has 1 amide bonds. The summed E-state index contributed by atoms with van der Waals surface area (Å²) in [6.07, 6.45) is 0.268. The van der Waals surface area contributed by atoms with E-state index in [9.17, 15) is 9.90 Å². The number of nitriles is 1. The molecule has 1 saturated heterocycles. The zero-order chi connectivity index (χ0) is 20.6. The second kappa shape index (κ2) is 9.92. The molecule has 0 radical (unpaired) electrons.